The molecule has 1 heterocycles. The number of oxazole rings is 1. The van der Waals surface area contributed by atoms with Gasteiger partial charge in [-0.05, 0) is 32.9 Å². The van der Waals surface area contributed by atoms with Gasteiger partial charge in [-0.3, -0.25) is 9.20 Å². The predicted octanol–water partition coefficient (Wildman–Crippen LogP) is 3.17. The number of hydrogen-bond acceptors (Lipinski definition) is 4. The highest BCUT2D eigenvalue weighted by Gasteiger charge is 2.18. The Balaban J connectivity index is 0.00000338. The Morgan fingerprint density at radius 3 is 2.54 bits per heavy atom. The van der Waals surface area contributed by atoms with Crippen molar-refractivity contribution in [2.75, 3.05) is 19.3 Å². The first-order valence-electron chi connectivity index (χ1n) is 8.23. The summed E-state index contributed by atoms with van der Waals surface area (Å²) in [7, 11) is 0.816. The Hall–Kier alpha value is -1.42. The minimum absolute atomic E-state index is 0. The maximum Gasteiger partial charge on any atom is 0.226 e. The Morgan fingerprint density at radius 1 is 1.23 bits per heavy atom. The normalized spacial score (nSPS) is 13.0. The summed E-state index contributed by atoms with van der Waals surface area (Å²) in [5, 5.41) is 6.35. The number of hydrogen-bond donors (Lipinski definition) is 2. The van der Waals surface area contributed by atoms with Crippen LogP contribution in [0, 0.1) is 0 Å². The van der Waals surface area contributed by atoms with Crippen LogP contribution in [0.15, 0.2) is 46.0 Å². The zero-order valence-corrected chi connectivity index (χ0v) is 18.8. The van der Waals surface area contributed by atoms with Crippen molar-refractivity contribution in [3.8, 4) is 11.5 Å². The van der Waals surface area contributed by atoms with E-state index in [0.29, 0.717) is 30.7 Å². The van der Waals surface area contributed by atoms with Crippen molar-refractivity contribution in [3.63, 3.8) is 0 Å². The summed E-state index contributed by atoms with van der Waals surface area (Å²) in [4.78, 5) is 8.63. The SMILES string of the molecule is CN=C(NCCS(=O)C(C)(C)C)NCc1coc(-c2ccccc2)n1.I. The number of aliphatic imine (C=N–C) groups is 1. The lowest BCUT2D eigenvalue weighted by Gasteiger charge is -2.18. The molecular formula is C18H27IN4O2S. The van der Waals surface area contributed by atoms with E-state index in [-0.39, 0.29) is 28.7 Å². The first kappa shape index (κ1) is 22.6. The zero-order chi connectivity index (χ0) is 18.3. The molecule has 26 heavy (non-hydrogen) atoms. The van der Waals surface area contributed by atoms with Crippen LogP contribution in [0.25, 0.3) is 11.5 Å². The van der Waals surface area contributed by atoms with Crippen molar-refractivity contribution in [1.82, 2.24) is 15.6 Å². The van der Waals surface area contributed by atoms with Crippen molar-refractivity contribution < 1.29 is 8.63 Å². The van der Waals surface area contributed by atoms with Gasteiger partial charge in [-0.25, -0.2) is 4.98 Å². The van der Waals surface area contributed by atoms with Gasteiger partial charge in [-0.15, -0.1) is 24.0 Å². The van der Waals surface area contributed by atoms with Gasteiger partial charge in [0.15, 0.2) is 5.96 Å². The van der Waals surface area contributed by atoms with Crippen molar-refractivity contribution in [2.45, 2.75) is 32.1 Å². The molecule has 0 saturated carbocycles. The molecule has 0 bridgehead atoms. The van der Waals surface area contributed by atoms with Gasteiger partial charge in [0, 0.05) is 40.5 Å². The molecule has 0 aliphatic carbocycles. The van der Waals surface area contributed by atoms with Crippen LogP contribution in [0.5, 0.6) is 0 Å². The highest BCUT2D eigenvalue weighted by atomic mass is 127. The summed E-state index contributed by atoms with van der Waals surface area (Å²) < 4.78 is 17.4. The molecule has 0 spiro atoms. The van der Waals surface area contributed by atoms with Gasteiger partial charge in [0.25, 0.3) is 0 Å². The number of nitrogens with one attached hydrogen (secondary N) is 2. The molecule has 6 nitrogen and oxygen atoms in total. The number of aromatic nitrogens is 1. The maximum atomic E-state index is 12.0. The van der Waals surface area contributed by atoms with Gasteiger partial charge in [0.2, 0.25) is 5.89 Å². The zero-order valence-electron chi connectivity index (χ0n) is 15.6. The Labute approximate surface area is 174 Å². The van der Waals surface area contributed by atoms with E-state index >= 15 is 0 Å². The van der Waals surface area contributed by atoms with E-state index in [1.165, 1.54) is 0 Å². The molecule has 2 aromatic rings. The summed E-state index contributed by atoms with van der Waals surface area (Å²) >= 11 is 0. The third-order valence-electron chi connectivity index (χ3n) is 3.50. The van der Waals surface area contributed by atoms with Crippen LogP contribution in [-0.4, -0.2) is 39.2 Å². The highest BCUT2D eigenvalue weighted by Crippen LogP contribution is 2.17. The summed E-state index contributed by atoms with van der Waals surface area (Å²) in [6.07, 6.45) is 1.64. The number of guanidine groups is 1. The largest absolute Gasteiger partial charge is 0.444 e. The number of halogens is 1. The van der Waals surface area contributed by atoms with Gasteiger partial charge in [-0.1, -0.05) is 18.2 Å². The minimum Gasteiger partial charge on any atom is -0.444 e. The molecule has 2 N–H and O–H groups in total. The van der Waals surface area contributed by atoms with Gasteiger partial charge in [0.1, 0.15) is 6.26 Å². The molecule has 1 aromatic heterocycles. The van der Waals surface area contributed by atoms with Crippen LogP contribution in [-0.2, 0) is 17.3 Å². The maximum absolute atomic E-state index is 12.0. The third kappa shape index (κ3) is 7.06. The molecule has 0 aliphatic heterocycles. The number of nitrogens with zero attached hydrogens (tertiary/aromatic N) is 2. The van der Waals surface area contributed by atoms with Crippen LogP contribution in [0.3, 0.4) is 0 Å². The lowest BCUT2D eigenvalue weighted by atomic mass is 10.2. The molecule has 0 aliphatic rings. The smallest absolute Gasteiger partial charge is 0.226 e. The van der Waals surface area contributed by atoms with E-state index in [9.17, 15) is 4.21 Å². The molecule has 0 amide bonds. The molecule has 0 radical (unpaired) electrons. The Kier molecular flexibility index (Phi) is 9.28. The quantitative estimate of drug-likeness (QED) is 0.370. The fraction of sp³-hybridized carbons (Fsp3) is 0.444. The van der Waals surface area contributed by atoms with E-state index in [0.717, 1.165) is 11.3 Å². The van der Waals surface area contributed by atoms with E-state index < -0.39 is 10.8 Å². The van der Waals surface area contributed by atoms with Crippen LogP contribution in [0.2, 0.25) is 0 Å². The molecule has 2 rings (SSSR count). The van der Waals surface area contributed by atoms with Crippen molar-refractivity contribution >= 4 is 40.7 Å². The van der Waals surface area contributed by atoms with Crippen LogP contribution in [0.4, 0.5) is 0 Å². The lowest BCUT2D eigenvalue weighted by Crippen LogP contribution is -2.40. The standard InChI is InChI=1S/C18H26N4O2S.HI/c1-18(2,3)25(23)11-10-20-17(19-4)21-12-15-13-24-16(22-15)14-8-6-5-7-9-14;/h5-9,13H,10-12H2,1-4H3,(H2,19,20,21);1H. The summed E-state index contributed by atoms with van der Waals surface area (Å²) in [5.41, 5.74) is 1.74. The van der Waals surface area contributed by atoms with Crippen molar-refractivity contribution in [1.29, 1.82) is 0 Å². The molecule has 1 atom stereocenters. The molecule has 8 heteroatoms. The van der Waals surface area contributed by atoms with Crippen molar-refractivity contribution in [2.24, 2.45) is 4.99 Å². The summed E-state index contributed by atoms with van der Waals surface area (Å²) in [5.74, 6) is 1.82. The second-order valence-corrected chi connectivity index (χ2v) is 8.85. The minimum atomic E-state index is -0.886. The number of rotatable bonds is 6. The third-order valence-corrected chi connectivity index (χ3v) is 5.44. The van der Waals surface area contributed by atoms with E-state index in [1.54, 1.807) is 13.3 Å². The van der Waals surface area contributed by atoms with Crippen LogP contribution < -0.4 is 10.6 Å². The first-order chi connectivity index (χ1) is 11.9. The van der Waals surface area contributed by atoms with Gasteiger partial charge < -0.3 is 15.1 Å². The first-order valence-corrected chi connectivity index (χ1v) is 9.55. The van der Waals surface area contributed by atoms with Gasteiger partial charge in [0.05, 0.1) is 12.2 Å². The summed E-state index contributed by atoms with van der Waals surface area (Å²) in [6.45, 7) is 7.03. The average Bonchev–Trinajstić information content (AvgIpc) is 3.06. The molecule has 1 unspecified atom stereocenters. The second-order valence-electron chi connectivity index (χ2n) is 6.52. The predicted molar refractivity (Wildman–Crippen MR) is 118 cm³/mol. The van der Waals surface area contributed by atoms with E-state index in [2.05, 4.69) is 20.6 Å². The molecule has 0 fully saturated rings. The second kappa shape index (κ2) is 10.7. The van der Waals surface area contributed by atoms with Crippen LogP contribution in [0.1, 0.15) is 26.5 Å². The van der Waals surface area contributed by atoms with Gasteiger partial charge >= 0.3 is 0 Å². The fourth-order valence-electron chi connectivity index (χ4n) is 2.06. The van der Waals surface area contributed by atoms with Gasteiger partial charge in [-0.2, -0.15) is 0 Å². The molecule has 0 saturated heterocycles. The monoisotopic (exact) mass is 490 g/mol. The molecular weight excluding hydrogens is 463 g/mol. The Bertz CT molecular complexity index is 726. The van der Waals surface area contributed by atoms with E-state index in [4.69, 9.17) is 4.42 Å². The summed E-state index contributed by atoms with van der Waals surface area (Å²) in [6, 6.07) is 9.77. The van der Waals surface area contributed by atoms with E-state index in [1.807, 2.05) is 51.1 Å². The molecule has 144 valence electrons. The van der Waals surface area contributed by atoms with Crippen LogP contribution >= 0.6 is 24.0 Å². The Morgan fingerprint density at radius 2 is 1.92 bits per heavy atom. The molecule has 1 aromatic carbocycles. The number of benzene rings is 1. The topological polar surface area (TPSA) is 79.5 Å². The van der Waals surface area contributed by atoms with Crippen molar-refractivity contribution in [3.05, 3.63) is 42.3 Å². The fourth-order valence-corrected chi connectivity index (χ4v) is 2.96. The lowest BCUT2D eigenvalue weighted by molar-refractivity contribution is 0.572. The average molecular weight is 490 g/mol. The highest BCUT2D eigenvalue weighted by molar-refractivity contribution is 14.0.